The summed E-state index contributed by atoms with van der Waals surface area (Å²) in [6.45, 7) is 0.641. The second-order valence-electron chi connectivity index (χ2n) is 5.92. The molecule has 0 unspecified atom stereocenters. The van der Waals surface area contributed by atoms with Gasteiger partial charge in [0.05, 0.1) is 10.6 Å². The van der Waals surface area contributed by atoms with Gasteiger partial charge < -0.3 is 16.2 Å². The Hall–Kier alpha value is -2.38. The summed E-state index contributed by atoms with van der Waals surface area (Å²) in [6, 6.07) is 11.2. The van der Waals surface area contributed by atoms with E-state index in [2.05, 4.69) is 10.3 Å². The highest BCUT2D eigenvalue weighted by molar-refractivity contribution is 7.17. The zero-order valence-corrected chi connectivity index (χ0v) is 15.9. The molecule has 0 radical (unpaired) electrons. The molecule has 136 valence electrons. The third kappa shape index (κ3) is 5.06. The molecule has 2 heterocycles. The molecule has 7 heteroatoms. The van der Waals surface area contributed by atoms with Crippen LogP contribution in [0.3, 0.4) is 0 Å². The molecule has 0 aliphatic rings. The maximum atomic E-state index is 12.1. The summed E-state index contributed by atoms with van der Waals surface area (Å²) in [4.78, 5) is 18.6. The molecule has 3 aromatic rings. The highest BCUT2D eigenvalue weighted by atomic mass is 32.1. The third-order valence-corrected chi connectivity index (χ3v) is 5.77. The lowest BCUT2D eigenvalue weighted by Gasteiger charge is -2.06. The van der Waals surface area contributed by atoms with Crippen molar-refractivity contribution in [2.75, 3.05) is 12.3 Å². The molecule has 0 spiro atoms. The number of aromatic hydroxyl groups is 1. The summed E-state index contributed by atoms with van der Waals surface area (Å²) in [5.74, 6) is 0.312. The number of aromatic nitrogens is 1. The number of hydrogen-bond acceptors (Lipinski definition) is 6. The van der Waals surface area contributed by atoms with Crippen molar-refractivity contribution in [3.63, 3.8) is 0 Å². The van der Waals surface area contributed by atoms with Crippen LogP contribution < -0.4 is 11.1 Å². The molecule has 0 aliphatic carbocycles. The Labute approximate surface area is 160 Å². The molecule has 0 aliphatic heterocycles. The number of carbonyl (C=O) groups is 1. The number of rotatable bonds is 8. The Morgan fingerprint density at radius 2 is 2.00 bits per heavy atom. The predicted molar refractivity (Wildman–Crippen MR) is 108 cm³/mol. The summed E-state index contributed by atoms with van der Waals surface area (Å²) in [5, 5.41) is 14.8. The summed E-state index contributed by atoms with van der Waals surface area (Å²) >= 11 is 3.08. The average Bonchev–Trinajstić information content (AvgIpc) is 3.27. The van der Waals surface area contributed by atoms with E-state index in [0.29, 0.717) is 24.5 Å². The van der Waals surface area contributed by atoms with Gasteiger partial charge in [0.2, 0.25) is 5.91 Å². The Bertz CT molecular complexity index is 842. The Balaban J connectivity index is 1.42. The van der Waals surface area contributed by atoms with Crippen molar-refractivity contribution in [2.24, 2.45) is 0 Å². The quantitative estimate of drug-likeness (QED) is 0.512. The van der Waals surface area contributed by atoms with Crippen molar-refractivity contribution in [2.45, 2.75) is 25.7 Å². The summed E-state index contributed by atoms with van der Waals surface area (Å²) in [7, 11) is 0. The number of amides is 1. The van der Waals surface area contributed by atoms with Gasteiger partial charge in [0, 0.05) is 17.8 Å². The first-order valence-corrected chi connectivity index (χ1v) is 10.1. The van der Waals surface area contributed by atoms with Gasteiger partial charge in [-0.15, -0.1) is 22.7 Å². The van der Waals surface area contributed by atoms with E-state index in [1.165, 1.54) is 11.3 Å². The molecule has 0 saturated heterocycles. The van der Waals surface area contributed by atoms with Crippen LogP contribution >= 0.6 is 22.7 Å². The lowest BCUT2D eigenvalue weighted by Crippen LogP contribution is -2.24. The van der Waals surface area contributed by atoms with Crippen LogP contribution in [0.2, 0.25) is 0 Å². The molecule has 1 aromatic carbocycles. The number of nitrogens with one attached hydrogen (secondary N) is 1. The molecule has 0 saturated carbocycles. The highest BCUT2D eigenvalue weighted by Crippen LogP contribution is 2.33. The van der Waals surface area contributed by atoms with E-state index >= 15 is 0 Å². The maximum Gasteiger partial charge on any atom is 0.220 e. The van der Waals surface area contributed by atoms with Gasteiger partial charge in [-0.2, -0.15) is 0 Å². The fourth-order valence-electron chi connectivity index (χ4n) is 2.64. The van der Waals surface area contributed by atoms with Gasteiger partial charge in [-0.1, -0.05) is 18.2 Å². The molecule has 0 bridgehead atoms. The number of aryl methyl sites for hydroxylation is 2. The van der Waals surface area contributed by atoms with Crippen LogP contribution in [0.4, 0.5) is 5.13 Å². The summed E-state index contributed by atoms with van der Waals surface area (Å²) < 4.78 is 0. The standard InChI is InChI=1S/C19H21N3O2S2/c20-19-22-18(15-4-2-12-25-15)16(26-19)9-10-17(24)21-11-1-3-13-5-7-14(23)8-6-13/h2,4-8,12,23H,1,3,9-11H2,(H2,20,22)(H,21,24). The number of thiazole rings is 1. The molecule has 0 atom stereocenters. The predicted octanol–water partition coefficient (Wildman–Crippen LogP) is 3.84. The summed E-state index contributed by atoms with van der Waals surface area (Å²) in [6.07, 6.45) is 2.81. The van der Waals surface area contributed by atoms with E-state index in [0.717, 1.165) is 33.9 Å². The van der Waals surface area contributed by atoms with E-state index in [1.807, 2.05) is 29.6 Å². The molecule has 4 N–H and O–H groups in total. The minimum Gasteiger partial charge on any atom is -0.508 e. The van der Waals surface area contributed by atoms with E-state index in [4.69, 9.17) is 5.73 Å². The van der Waals surface area contributed by atoms with Gasteiger partial charge in [-0.05, 0) is 48.4 Å². The second-order valence-corrected chi connectivity index (χ2v) is 7.98. The Morgan fingerprint density at radius 3 is 2.73 bits per heavy atom. The van der Waals surface area contributed by atoms with E-state index in [-0.39, 0.29) is 11.7 Å². The maximum absolute atomic E-state index is 12.1. The number of anilines is 1. The highest BCUT2D eigenvalue weighted by Gasteiger charge is 2.14. The van der Waals surface area contributed by atoms with Crippen LogP contribution in [-0.4, -0.2) is 22.5 Å². The number of thiophene rings is 1. The number of nitrogen functional groups attached to an aromatic ring is 1. The Morgan fingerprint density at radius 1 is 1.19 bits per heavy atom. The number of phenols is 1. The van der Waals surface area contributed by atoms with Gasteiger partial charge >= 0.3 is 0 Å². The lowest BCUT2D eigenvalue weighted by atomic mass is 10.1. The van der Waals surface area contributed by atoms with E-state index in [1.54, 1.807) is 23.5 Å². The number of phenolic OH excluding ortho intramolecular Hbond substituents is 1. The van der Waals surface area contributed by atoms with Crippen molar-refractivity contribution in [1.29, 1.82) is 0 Å². The minimum absolute atomic E-state index is 0.0415. The first-order valence-electron chi connectivity index (χ1n) is 8.45. The van der Waals surface area contributed by atoms with Gasteiger partial charge in [-0.25, -0.2) is 4.98 Å². The Kier molecular flexibility index (Phi) is 6.25. The third-order valence-electron chi connectivity index (χ3n) is 3.95. The number of carbonyl (C=O) groups excluding carboxylic acids is 1. The molecule has 26 heavy (non-hydrogen) atoms. The fraction of sp³-hybridized carbons (Fsp3) is 0.263. The van der Waals surface area contributed by atoms with Crippen LogP contribution in [-0.2, 0) is 17.6 Å². The van der Waals surface area contributed by atoms with E-state index < -0.39 is 0 Å². The van der Waals surface area contributed by atoms with Gasteiger partial charge in [0.15, 0.2) is 5.13 Å². The number of hydrogen-bond donors (Lipinski definition) is 3. The van der Waals surface area contributed by atoms with Crippen LogP contribution in [0.25, 0.3) is 10.6 Å². The van der Waals surface area contributed by atoms with Crippen LogP contribution in [0.5, 0.6) is 5.75 Å². The van der Waals surface area contributed by atoms with Crippen molar-refractivity contribution >= 4 is 33.7 Å². The van der Waals surface area contributed by atoms with Crippen LogP contribution in [0, 0.1) is 0 Å². The topological polar surface area (TPSA) is 88.2 Å². The lowest BCUT2D eigenvalue weighted by molar-refractivity contribution is -0.121. The summed E-state index contributed by atoms with van der Waals surface area (Å²) in [5.41, 5.74) is 7.91. The SMILES string of the molecule is Nc1nc(-c2cccs2)c(CCC(=O)NCCCc2ccc(O)cc2)s1. The number of nitrogens with zero attached hydrogens (tertiary/aromatic N) is 1. The minimum atomic E-state index is 0.0415. The van der Waals surface area contributed by atoms with Crippen molar-refractivity contribution < 1.29 is 9.90 Å². The second kappa shape index (κ2) is 8.82. The molecule has 0 fully saturated rings. The molecule has 1 amide bonds. The molecular formula is C19H21N3O2S2. The fourth-order valence-corrected chi connectivity index (χ4v) is 4.30. The zero-order valence-electron chi connectivity index (χ0n) is 14.3. The van der Waals surface area contributed by atoms with Crippen LogP contribution in [0.15, 0.2) is 41.8 Å². The monoisotopic (exact) mass is 387 g/mol. The number of benzene rings is 1. The first kappa shape index (κ1) is 18.4. The normalized spacial score (nSPS) is 10.8. The average molecular weight is 388 g/mol. The largest absolute Gasteiger partial charge is 0.508 e. The molecule has 3 rings (SSSR count). The first-order chi connectivity index (χ1) is 12.6. The van der Waals surface area contributed by atoms with Crippen LogP contribution in [0.1, 0.15) is 23.3 Å². The number of nitrogens with two attached hydrogens (primary N) is 1. The molecular weight excluding hydrogens is 366 g/mol. The van der Waals surface area contributed by atoms with Crippen molar-refractivity contribution in [3.8, 4) is 16.3 Å². The van der Waals surface area contributed by atoms with Gasteiger partial charge in [-0.3, -0.25) is 4.79 Å². The van der Waals surface area contributed by atoms with E-state index in [9.17, 15) is 9.90 Å². The molecule has 2 aromatic heterocycles. The van der Waals surface area contributed by atoms with Crippen molar-refractivity contribution in [1.82, 2.24) is 10.3 Å². The van der Waals surface area contributed by atoms with Gasteiger partial charge in [0.1, 0.15) is 5.75 Å². The van der Waals surface area contributed by atoms with Gasteiger partial charge in [0.25, 0.3) is 0 Å². The molecule has 5 nitrogen and oxygen atoms in total. The zero-order chi connectivity index (χ0) is 18.4. The van der Waals surface area contributed by atoms with Crippen molar-refractivity contribution in [3.05, 3.63) is 52.2 Å². The smallest absolute Gasteiger partial charge is 0.220 e.